The second-order valence-corrected chi connectivity index (χ2v) is 7.27. The minimum atomic E-state index is -0.0476. The number of rotatable bonds is 10. The maximum Gasteiger partial charge on any atom is 0.222 e. The van der Waals surface area contributed by atoms with Gasteiger partial charge in [-0.05, 0) is 47.3 Å². The van der Waals surface area contributed by atoms with Gasteiger partial charge in [0.05, 0.1) is 12.2 Å². The van der Waals surface area contributed by atoms with Gasteiger partial charge in [-0.15, -0.1) is 0 Å². The summed E-state index contributed by atoms with van der Waals surface area (Å²) in [6.45, 7) is 6.12. The van der Waals surface area contributed by atoms with Crippen LogP contribution in [0, 0.1) is 0 Å². The van der Waals surface area contributed by atoms with E-state index in [-0.39, 0.29) is 11.8 Å². The number of halogens is 1. The van der Waals surface area contributed by atoms with Crippen LogP contribution in [-0.4, -0.2) is 39.2 Å². The molecule has 0 aromatic carbocycles. The zero-order chi connectivity index (χ0) is 18.9. The zero-order valence-corrected chi connectivity index (χ0v) is 17.1. The molecule has 0 fully saturated rings. The van der Waals surface area contributed by atoms with Gasteiger partial charge in [0.1, 0.15) is 5.65 Å². The minimum absolute atomic E-state index is 0.0476. The molecule has 0 atom stereocenters. The molecule has 1 N–H and O–H groups in total. The SMILES string of the molecule is CCCN(CCC)C(=O)CCCC(=O)NCc1cn2cc(Br)ccc2n1. The number of carbonyl (C=O) groups is 2. The van der Waals surface area contributed by atoms with Gasteiger partial charge in [-0.2, -0.15) is 0 Å². The van der Waals surface area contributed by atoms with Crippen molar-refractivity contribution < 1.29 is 9.59 Å². The highest BCUT2D eigenvalue weighted by Crippen LogP contribution is 2.12. The number of hydrogen-bond acceptors (Lipinski definition) is 3. The number of fused-ring (bicyclic) bond motifs is 1. The average molecular weight is 423 g/mol. The molecule has 0 aliphatic heterocycles. The van der Waals surface area contributed by atoms with E-state index in [0.29, 0.717) is 25.8 Å². The molecule has 0 bridgehead atoms. The summed E-state index contributed by atoms with van der Waals surface area (Å²) in [6, 6.07) is 3.85. The Hall–Kier alpha value is -1.89. The van der Waals surface area contributed by atoms with Crippen LogP contribution >= 0.6 is 15.9 Å². The summed E-state index contributed by atoms with van der Waals surface area (Å²) in [4.78, 5) is 30.6. The van der Waals surface area contributed by atoms with Crippen LogP contribution in [0.25, 0.3) is 5.65 Å². The lowest BCUT2D eigenvalue weighted by Gasteiger charge is -2.21. The van der Waals surface area contributed by atoms with Crippen molar-refractivity contribution in [1.29, 1.82) is 0 Å². The van der Waals surface area contributed by atoms with Crippen LogP contribution in [0.4, 0.5) is 0 Å². The van der Waals surface area contributed by atoms with Crippen LogP contribution in [-0.2, 0) is 16.1 Å². The molecule has 2 aromatic rings. The van der Waals surface area contributed by atoms with Crippen molar-refractivity contribution in [2.75, 3.05) is 13.1 Å². The van der Waals surface area contributed by atoms with Crippen LogP contribution in [0.5, 0.6) is 0 Å². The Morgan fingerprint density at radius 3 is 2.58 bits per heavy atom. The van der Waals surface area contributed by atoms with Gasteiger partial charge in [-0.25, -0.2) is 4.98 Å². The summed E-state index contributed by atoms with van der Waals surface area (Å²) >= 11 is 3.42. The lowest BCUT2D eigenvalue weighted by atomic mass is 10.2. The van der Waals surface area contributed by atoms with E-state index in [9.17, 15) is 9.59 Å². The molecule has 0 spiro atoms. The van der Waals surface area contributed by atoms with Gasteiger partial charge in [0.2, 0.25) is 11.8 Å². The molecule has 0 saturated heterocycles. The number of imidazole rings is 1. The zero-order valence-electron chi connectivity index (χ0n) is 15.5. The van der Waals surface area contributed by atoms with Crippen molar-refractivity contribution in [3.05, 3.63) is 34.7 Å². The fraction of sp³-hybridized carbons (Fsp3) is 0.526. The van der Waals surface area contributed by atoms with Crippen molar-refractivity contribution in [2.24, 2.45) is 0 Å². The van der Waals surface area contributed by atoms with Gasteiger partial charge in [0.25, 0.3) is 0 Å². The molecule has 0 unspecified atom stereocenters. The Balaban J connectivity index is 1.73. The average Bonchev–Trinajstić information content (AvgIpc) is 3.01. The van der Waals surface area contributed by atoms with Crippen LogP contribution in [0.15, 0.2) is 29.0 Å². The number of pyridine rings is 1. The molecule has 2 rings (SSSR count). The quantitative estimate of drug-likeness (QED) is 0.636. The number of hydrogen-bond donors (Lipinski definition) is 1. The second kappa shape index (κ2) is 10.3. The van der Waals surface area contributed by atoms with Crippen molar-refractivity contribution in [1.82, 2.24) is 19.6 Å². The summed E-state index contributed by atoms with van der Waals surface area (Å²) in [5.74, 6) is 0.0981. The standard InChI is InChI=1S/C19H27BrN4O2/c1-3-10-23(11-4-2)19(26)7-5-6-18(25)21-12-16-14-24-13-15(20)8-9-17(24)22-16/h8-9,13-14H,3-7,10-12H2,1-2H3,(H,21,25). The Bertz CT molecular complexity index is 738. The molecule has 142 valence electrons. The third kappa shape index (κ3) is 6.12. The smallest absolute Gasteiger partial charge is 0.222 e. The van der Waals surface area contributed by atoms with E-state index in [2.05, 4.69) is 40.1 Å². The number of nitrogens with one attached hydrogen (secondary N) is 1. The number of aromatic nitrogens is 2. The van der Waals surface area contributed by atoms with E-state index in [4.69, 9.17) is 0 Å². The lowest BCUT2D eigenvalue weighted by Crippen LogP contribution is -2.32. The molecule has 2 heterocycles. The molecule has 2 amide bonds. The molecular weight excluding hydrogens is 396 g/mol. The first kappa shape index (κ1) is 20.4. The Kier molecular flexibility index (Phi) is 8.09. The number of nitrogens with zero attached hydrogens (tertiary/aromatic N) is 3. The third-order valence-corrected chi connectivity index (χ3v) is 4.53. The first-order chi connectivity index (χ1) is 12.5. The van der Waals surface area contributed by atoms with Crippen molar-refractivity contribution in [3.63, 3.8) is 0 Å². The molecule has 0 radical (unpaired) electrons. The fourth-order valence-corrected chi connectivity index (χ4v) is 3.19. The summed E-state index contributed by atoms with van der Waals surface area (Å²) in [6.07, 6.45) is 7.11. The Morgan fingerprint density at radius 2 is 1.88 bits per heavy atom. The van der Waals surface area contributed by atoms with E-state index < -0.39 is 0 Å². The molecule has 6 nitrogen and oxygen atoms in total. The Labute approximate surface area is 163 Å². The summed E-state index contributed by atoms with van der Waals surface area (Å²) in [5, 5.41) is 2.88. The molecule has 7 heteroatoms. The molecule has 0 aliphatic rings. The summed E-state index contributed by atoms with van der Waals surface area (Å²) < 4.78 is 2.89. The number of amides is 2. The van der Waals surface area contributed by atoms with Crippen molar-refractivity contribution >= 4 is 33.4 Å². The fourth-order valence-electron chi connectivity index (χ4n) is 2.84. The largest absolute Gasteiger partial charge is 0.350 e. The summed E-state index contributed by atoms with van der Waals surface area (Å²) in [7, 11) is 0. The summed E-state index contributed by atoms with van der Waals surface area (Å²) in [5.41, 5.74) is 1.65. The van der Waals surface area contributed by atoms with E-state index >= 15 is 0 Å². The predicted molar refractivity (Wildman–Crippen MR) is 106 cm³/mol. The van der Waals surface area contributed by atoms with Gasteiger partial charge < -0.3 is 14.6 Å². The predicted octanol–water partition coefficient (Wildman–Crippen LogP) is 3.53. The van der Waals surface area contributed by atoms with E-state index in [1.165, 1.54) is 0 Å². The van der Waals surface area contributed by atoms with Gasteiger partial charge >= 0.3 is 0 Å². The van der Waals surface area contributed by atoms with E-state index in [1.54, 1.807) is 0 Å². The van der Waals surface area contributed by atoms with Crippen LogP contribution in [0.1, 0.15) is 51.6 Å². The van der Waals surface area contributed by atoms with E-state index in [1.807, 2.05) is 33.8 Å². The highest BCUT2D eigenvalue weighted by molar-refractivity contribution is 9.10. The first-order valence-corrected chi connectivity index (χ1v) is 10.00. The second-order valence-electron chi connectivity index (χ2n) is 6.36. The monoisotopic (exact) mass is 422 g/mol. The molecule has 0 saturated carbocycles. The third-order valence-electron chi connectivity index (χ3n) is 4.07. The number of carbonyl (C=O) groups excluding carboxylic acids is 2. The maximum absolute atomic E-state index is 12.2. The highest BCUT2D eigenvalue weighted by atomic mass is 79.9. The highest BCUT2D eigenvalue weighted by Gasteiger charge is 2.12. The van der Waals surface area contributed by atoms with Gasteiger partial charge in [0.15, 0.2) is 0 Å². The van der Waals surface area contributed by atoms with Crippen molar-refractivity contribution in [2.45, 2.75) is 52.5 Å². The first-order valence-electron chi connectivity index (χ1n) is 9.21. The van der Waals surface area contributed by atoms with Crippen LogP contribution in [0.3, 0.4) is 0 Å². The maximum atomic E-state index is 12.2. The molecule has 26 heavy (non-hydrogen) atoms. The lowest BCUT2D eigenvalue weighted by molar-refractivity contribution is -0.131. The molecule has 0 aliphatic carbocycles. The van der Waals surface area contributed by atoms with E-state index in [0.717, 1.165) is 41.7 Å². The van der Waals surface area contributed by atoms with Crippen LogP contribution in [0.2, 0.25) is 0 Å². The van der Waals surface area contributed by atoms with Gasteiger partial charge in [-0.3, -0.25) is 9.59 Å². The molecular formula is C19H27BrN4O2. The normalized spacial score (nSPS) is 10.9. The molecule has 2 aromatic heterocycles. The van der Waals surface area contributed by atoms with Gasteiger partial charge in [-0.1, -0.05) is 13.8 Å². The minimum Gasteiger partial charge on any atom is -0.350 e. The topological polar surface area (TPSA) is 66.7 Å². The van der Waals surface area contributed by atoms with Gasteiger partial charge in [0, 0.05) is 42.8 Å². The van der Waals surface area contributed by atoms with Crippen molar-refractivity contribution in [3.8, 4) is 0 Å². The Morgan fingerprint density at radius 1 is 1.15 bits per heavy atom. The van der Waals surface area contributed by atoms with Crippen LogP contribution < -0.4 is 5.32 Å².